The fourth-order valence-corrected chi connectivity index (χ4v) is 3.08. The highest BCUT2D eigenvalue weighted by Gasteiger charge is 2.19. The van der Waals surface area contributed by atoms with Crippen molar-refractivity contribution in [2.24, 2.45) is 4.99 Å². The number of nitrogens with one attached hydrogen (secondary N) is 2. The Bertz CT molecular complexity index is 522. The van der Waals surface area contributed by atoms with E-state index in [1.165, 1.54) is 38.9 Å². The first-order valence-electron chi connectivity index (χ1n) is 8.79. The SMILES string of the molecule is CCCN1CCC(NC(=NC)NCCOc2cccc(Cl)c2)CC1.I. The molecule has 1 fully saturated rings. The van der Waals surface area contributed by atoms with Crippen LogP contribution in [0.25, 0.3) is 0 Å². The normalized spacial score (nSPS) is 16.2. The molecule has 1 aromatic carbocycles. The van der Waals surface area contributed by atoms with Crippen LogP contribution < -0.4 is 15.4 Å². The summed E-state index contributed by atoms with van der Waals surface area (Å²) in [6.45, 7) is 7.04. The average Bonchev–Trinajstić information content (AvgIpc) is 2.59. The van der Waals surface area contributed by atoms with Gasteiger partial charge in [-0.05, 0) is 44.0 Å². The van der Waals surface area contributed by atoms with E-state index in [-0.39, 0.29) is 24.0 Å². The van der Waals surface area contributed by atoms with E-state index < -0.39 is 0 Å². The quantitative estimate of drug-likeness (QED) is 0.272. The predicted molar refractivity (Wildman–Crippen MR) is 117 cm³/mol. The van der Waals surface area contributed by atoms with Crippen LogP contribution in [-0.4, -0.2) is 56.7 Å². The van der Waals surface area contributed by atoms with Crippen LogP contribution in [0.15, 0.2) is 29.3 Å². The summed E-state index contributed by atoms with van der Waals surface area (Å²) in [5, 5.41) is 7.50. The highest BCUT2D eigenvalue weighted by molar-refractivity contribution is 14.0. The Kier molecular flexibility index (Phi) is 11.2. The van der Waals surface area contributed by atoms with Crippen molar-refractivity contribution in [1.82, 2.24) is 15.5 Å². The standard InChI is InChI=1S/C18H29ClN4O.HI/c1-3-10-23-11-7-16(8-12-23)22-18(20-2)21-9-13-24-17-6-4-5-15(19)14-17;/h4-6,14,16H,3,7-13H2,1-2H3,(H2,20,21,22);1H. The summed E-state index contributed by atoms with van der Waals surface area (Å²) in [4.78, 5) is 6.84. The fraction of sp³-hybridized carbons (Fsp3) is 0.611. The second-order valence-corrected chi connectivity index (χ2v) is 6.50. The van der Waals surface area contributed by atoms with Gasteiger partial charge >= 0.3 is 0 Å². The van der Waals surface area contributed by atoms with Gasteiger partial charge in [0.1, 0.15) is 12.4 Å². The zero-order chi connectivity index (χ0) is 17.2. The number of likely N-dealkylation sites (tertiary alicyclic amines) is 1. The first-order chi connectivity index (χ1) is 11.7. The third-order valence-corrected chi connectivity index (χ3v) is 4.39. The number of halogens is 2. The Morgan fingerprint density at radius 2 is 2.12 bits per heavy atom. The molecule has 0 spiro atoms. The van der Waals surface area contributed by atoms with Crippen LogP contribution in [-0.2, 0) is 0 Å². The van der Waals surface area contributed by atoms with E-state index in [9.17, 15) is 0 Å². The second kappa shape index (κ2) is 12.6. The molecule has 142 valence electrons. The number of benzene rings is 1. The summed E-state index contributed by atoms with van der Waals surface area (Å²) < 4.78 is 5.68. The van der Waals surface area contributed by atoms with Crippen molar-refractivity contribution < 1.29 is 4.74 Å². The summed E-state index contributed by atoms with van der Waals surface area (Å²) in [6.07, 6.45) is 3.56. The van der Waals surface area contributed by atoms with E-state index in [1.54, 1.807) is 7.05 Å². The van der Waals surface area contributed by atoms with Crippen molar-refractivity contribution in [2.75, 3.05) is 39.8 Å². The van der Waals surface area contributed by atoms with Crippen LogP contribution >= 0.6 is 35.6 Å². The summed E-state index contributed by atoms with van der Waals surface area (Å²) >= 11 is 5.94. The van der Waals surface area contributed by atoms with Crippen LogP contribution in [0.2, 0.25) is 5.02 Å². The molecule has 0 atom stereocenters. The minimum Gasteiger partial charge on any atom is -0.492 e. The minimum atomic E-state index is 0. The van der Waals surface area contributed by atoms with Gasteiger partial charge < -0.3 is 20.3 Å². The molecular formula is C18H30ClIN4O. The van der Waals surface area contributed by atoms with Gasteiger partial charge in [0.2, 0.25) is 0 Å². The Labute approximate surface area is 173 Å². The largest absolute Gasteiger partial charge is 0.492 e. The lowest BCUT2D eigenvalue weighted by Crippen LogP contribution is -2.49. The number of aliphatic imine (C=N–C) groups is 1. The number of nitrogens with zero attached hydrogens (tertiary/aromatic N) is 2. The monoisotopic (exact) mass is 480 g/mol. The van der Waals surface area contributed by atoms with Gasteiger partial charge in [-0.2, -0.15) is 0 Å². The van der Waals surface area contributed by atoms with E-state index in [4.69, 9.17) is 16.3 Å². The maximum absolute atomic E-state index is 5.94. The van der Waals surface area contributed by atoms with Crippen molar-refractivity contribution in [1.29, 1.82) is 0 Å². The predicted octanol–water partition coefficient (Wildman–Crippen LogP) is 3.38. The van der Waals surface area contributed by atoms with Gasteiger partial charge in [-0.3, -0.25) is 4.99 Å². The molecule has 2 N–H and O–H groups in total. The van der Waals surface area contributed by atoms with Gasteiger partial charge in [-0.15, -0.1) is 24.0 Å². The lowest BCUT2D eigenvalue weighted by molar-refractivity contribution is 0.206. The number of guanidine groups is 1. The van der Waals surface area contributed by atoms with E-state index in [0.29, 0.717) is 24.2 Å². The van der Waals surface area contributed by atoms with E-state index in [0.717, 1.165) is 11.7 Å². The number of hydrogen-bond acceptors (Lipinski definition) is 3. The molecule has 0 saturated carbocycles. The summed E-state index contributed by atoms with van der Waals surface area (Å²) in [6, 6.07) is 7.95. The molecule has 0 radical (unpaired) electrons. The van der Waals surface area contributed by atoms with Gasteiger partial charge in [0.25, 0.3) is 0 Å². The molecule has 1 saturated heterocycles. The maximum atomic E-state index is 5.94. The zero-order valence-corrected chi connectivity index (χ0v) is 18.2. The number of rotatable bonds is 7. The van der Waals surface area contributed by atoms with Gasteiger partial charge in [-0.25, -0.2) is 0 Å². The highest BCUT2D eigenvalue weighted by atomic mass is 127. The van der Waals surface area contributed by atoms with E-state index >= 15 is 0 Å². The summed E-state index contributed by atoms with van der Waals surface area (Å²) in [5.41, 5.74) is 0. The summed E-state index contributed by atoms with van der Waals surface area (Å²) in [5.74, 6) is 1.63. The molecular weight excluding hydrogens is 451 g/mol. The van der Waals surface area contributed by atoms with Crippen molar-refractivity contribution in [3.63, 3.8) is 0 Å². The van der Waals surface area contributed by atoms with Gasteiger partial charge in [0, 0.05) is 31.2 Å². The molecule has 1 heterocycles. The van der Waals surface area contributed by atoms with Crippen LogP contribution in [0, 0.1) is 0 Å². The van der Waals surface area contributed by atoms with Crippen LogP contribution in [0.1, 0.15) is 26.2 Å². The van der Waals surface area contributed by atoms with Crippen molar-refractivity contribution in [3.05, 3.63) is 29.3 Å². The smallest absolute Gasteiger partial charge is 0.191 e. The molecule has 5 nitrogen and oxygen atoms in total. The van der Waals surface area contributed by atoms with Crippen LogP contribution in [0.5, 0.6) is 5.75 Å². The third kappa shape index (κ3) is 8.46. The van der Waals surface area contributed by atoms with Crippen LogP contribution in [0.3, 0.4) is 0 Å². The molecule has 7 heteroatoms. The van der Waals surface area contributed by atoms with Crippen molar-refractivity contribution in [3.8, 4) is 5.75 Å². The number of piperidine rings is 1. The van der Waals surface area contributed by atoms with Gasteiger partial charge in [0.15, 0.2) is 5.96 Å². The lowest BCUT2D eigenvalue weighted by atomic mass is 10.1. The second-order valence-electron chi connectivity index (χ2n) is 6.07. The fourth-order valence-electron chi connectivity index (χ4n) is 2.90. The molecule has 1 aliphatic rings. The summed E-state index contributed by atoms with van der Waals surface area (Å²) in [7, 11) is 1.80. The lowest BCUT2D eigenvalue weighted by Gasteiger charge is -2.32. The van der Waals surface area contributed by atoms with Gasteiger partial charge in [0.05, 0.1) is 6.54 Å². The van der Waals surface area contributed by atoms with Crippen molar-refractivity contribution >= 4 is 41.5 Å². The Morgan fingerprint density at radius 1 is 1.36 bits per heavy atom. The van der Waals surface area contributed by atoms with Crippen molar-refractivity contribution in [2.45, 2.75) is 32.2 Å². The minimum absolute atomic E-state index is 0. The topological polar surface area (TPSA) is 48.9 Å². The third-order valence-electron chi connectivity index (χ3n) is 4.15. The Balaban J connectivity index is 0.00000312. The molecule has 0 bridgehead atoms. The van der Waals surface area contributed by atoms with Gasteiger partial charge in [-0.1, -0.05) is 24.6 Å². The molecule has 1 aromatic rings. The Hall–Kier alpha value is -0.730. The zero-order valence-electron chi connectivity index (χ0n) is 15.1. The maximum Gasteiger partial charge on any atom is 0.191 e. The first kappa shape index (κ1) is 22.3. The first-order valence-corrected chi connectivity index (χ1v) is 9.17. The molecule has 0 amide bonds. The van der Waals surface area contributed by atoms with E-state index in [1.807, 2.05) is 24.3 Å². The highest BCUT2D eigenvalue weighted by Crippen LogP contribution is 2.16. The van der Waals surface area contributed by atoms with E-state index in [2.05, 4.69) is 27.4 Å². The molecule has 0 aromatic heterocycles. The molecule has 0 unspecified atom stereocenters. The number of ether oxygens (including phenoxy) is 1. The molecule has 25 heavy (non-hydrogen) atoms. The average molecular weight is 481 g/mol. The molecule has 1 aliphatic heterocycles. The molecule has 0 aliphatic carbocycles. The number of hydrogen-bond donors (Lipinski definition) is 2. The van der Waals surface area contributed by atoms with Crippen LogP contribution in [0.4, 0.5) is 0 Å². The Morgan fingerprint density at radius 3 is 2.76 bits per heavy atom. The molecule has 2 rings (SSSR count).